The van der Waals surface area contributed by atoms with Gasteiger partial charge < -0.3 is 14.2 Å². The second-order valence-electron chi connectivity index (χ2n) is 5.78. The maximum atomic E-state index is 6.17. The van der Waals surface area contributed by atoms with Crippen molar-refractivity contribution >= 4 is 21.5 Å². The molecule has 106 valence electrons. The quantitative estimate of drug-likeness (QED) is 0.721. The summed E-state index contributed by atoms with van der Waals surface area (Å²) in [5.41, 5.74) is 2.26. The van der Waals surface area contributed by atoms with Crippen molar-refractivity contribution in [3.63, 3.8) is 0 Å². The molecule has 3 aliphatic rings. The zero-order valence-corrected chi connectivity index (χ0v) is 12.8. The van der Waals surface area contributed by atoms with E-state index in [1.54, 1.807) is 0 Å². The van der Waals surface area contributed by atoms with Crippen LogP contribution >= 0.6 is 15.9 Å². The molecule has 20 heavy (non-hydrogen) atoms. The molecule has 1 aromatic carbocycles. The van der Waals surface area contributed by atoms with E-state index in [9.17, 15) is 0 Å². The van der Waals surface area contributed by atoms with E-state index in [0.717, 1.165) is 40.6 Å². The monoisotopic (exact) mass is 336 g/mol. The third-order valence-electron chi connectivity index (χ3n) is 4.62. The predicted molar refractivity (Wildman–Crippen MR) is 79.6 cm³/mol. The summed E-state index contributed by atoms with van der Waals surface area (Å²) in [6.07, 6.45) is 2.92. The Bertz CT molecular complexity index is 563. The number of hydrogen-bond donors (Lipinski definition) is 0. The first-order valence-corrected chi connectivity index (χ1v) is 7.89. The Kier molecular flexibility index (Phi) is 2.95. The molecule has 0 bridgehead atoms. The van der Waals surface area contributed by atoms with Crippen LogP contribution in [0.25, 0.3) is 5.57 Å². The van der Waals surface area contributed by atoms with Gasteiger partial charge in [-0.25, -0.2) is 0 Å². The minimum atomic E-state index is -0.392. The zero-order valence-electron chi connectivity index (χ0n) is 11.2. The van der Waals surface area contributed by atoms with Crippen molar-refractivity contribution in [1.29, 1.82) is 0 Å². The highest BCUT2D eigenvalue weighted by atomic mass is 79.9. The summed E-state index contributed by atoms with van der Waals surface area (Å²) in [6.45, 7) is 5.73. The Hall–Kier alpha value is -0.840. The van der Waals surface area contributed by atoms with E-state index in [2.05, 4.69) is 28.6 Å². The van der Waals surface area contributed by atoms with E-state index in [4.69, 9.17) is 14.2 Å². The molecule has 1 aliphatic carbocycles. The number of ether oxygens (including phenoxy) is 3. The molecule has 3 nitrogen and oxygen atoms in total. The van der Waals surface area contributed by atoms with Crippen LogP contribution in [0.4, 0.5) is 0 Å². The average Bonchev–Trinajstić information content (AvgIpc) is 2.89. The topological polar surface area (TPSA) is 27.7 Å². The first-order valence-electron chi connectivity index (χ1n) is 7.10. The molecular weight excluding hydrogens is 320 g/mol. The molecular formula is C16H17BrO3. The van der Waals surface area contributed by atoms with Gasteiger partial charge in [0.15, 0.2) is 5.79 Å². The van der Waals surface area contributed by atoms with Gasteiger partial charge in [-0.3, -0.25) is 0 Å². The van der Waals surface area contributed by atoms with Gasteiger partial charge in [0.1, 0.15) is 11.9 Å². The van der Waals surface area contributed by atoms with Crippen molar-refractivity contribution in [3.8, 4) is 5.75 Å². The molecule has 0 aromatic heterocycles. The molecule has 1 saturated carbocycles. The van der Waals surface area contributed by atoms with Gasteiger partial charge in [-0.1, -0.05) is 22.5 Å². The fourth-order valence-electron chi connectivity index (χ4n) is 3.60. The molecule has 0 unspecified atom stereocenters. The van der Waals surface area contributed by atoms with Gasteiger partial charge in [0.05, 0.1) is 13.2 Å². The minimum Gasteiger partial charge on any atom is -0.489 e. The second-order valence-corrected chi connectivity index (χ2v) is 6.69. The summed E-state index contributed by atoms with van der Waals surface area (Å²) in [6, 6.07) is 6.12. The third kappa shape index (κ3) is 1.93. The average molecular weight is 337 g/mol. The van der Waals surface area contributed by atoms with E-state index < -0.39 is 5.79 Å². The van der Waals surface area contributed by atoms with Crippen LogP contribution in [0.5, 0.6) is 5.75 Å². The molecule has 2 aliphatic heterocycles. The highest BCUT2D eigenvalue weighted by Crippen LogP contribution is 2.49. The van der Waals surface area contributed by atoms with Gasteiger partial charge in [-0.15, -0.1) is 0 Å². The Morgan fingerprint density at radius 2 is 2.05 bits per heavy atom. The largest absolute Gasteiger partial charge is 0.489 e. The molecule has 2 fully saturated rings. The molecule has 1 saturated heterocycles. The summed E-state index contributed by atoms with van der Waals surface area (Å²) >= 11 is 3.52. The molecule has 4 rings (SSSR count). The van der Waals surface area contributed by atoms with E-state index in [-0.39, 0.29) is 12.0 Å². The van der Waals surface area contributed by atoms with E-state index >= 15 is 0 Å². The number of halogens is 1. The Balaban J connectivity index is 1.68. The molecule has 2 heterocycles. The lowest BCUT2D eigenvalue weighted by Crippen LogP contribution is -2.46. The van der Waals surface area contributed by atoms with Gasteiger partial charge in [0.2, 0.25) is 0 Å². The second kappa shape index (κ2) is 4.58. The smallest absolute Gasteiger partial charge is 0.169 e. The summed E-state index contributed by atoms with van der Waals surface area (Å²) in [5, 5.41) is 0. The van der Waals surface area contributed by atoms with Crippen LogP contribution in [0.1, 0.15) is 24.8 Å². The van der Waals surface area contributed by atoms with Crippen LogP contribution < -0.4 is 4.74 Å². The summed E-state index contributed by atoms with van der Waals surface area (Å²) in [7, 11) is 0. The number of rotatable bonds is 0. The van der Waals surface area contributed by atoms with Gasteiger partial charge in [0.25, 0.3) is 0 Å². The predicted octanol–water partition coefficient (Wildman–Crippen LogP) is 3.77. The van der Waals surface area contributed by atoms with Gasteiger partial charge in [0, 0.05) is 28.8 Å². The number of benzene rings is 1. The molecule has 4 heteroatoms. The lowest BCUT2D eigenvalue weighted by molar-refractivity contribution is -0.194. The number of hydrogen-bond acceptors (Lipinski definition) is 3. The van der Waals surface area contributed by atoms with Crippen molar-refractivity contribution in [2.45, 2.75) is 31.2 Å². The normalized spacial score (nSPS) is 30.8. The lowest BCUT2D eigenvalue weighted by atomic mass is 9.75. The maximum Gasteiger partial charge on any atom is 0.169 e. The first kappa shape index (κ1) is 12.9. The molecule has 0 amide bonds. The van der Waals surface area contributed by atoms with Gasteiger partial charge >= 0.3 is 0 Å². The first-order chi connectivity index (χ1) is 9.67. The van der Waals surface area contributed by atoms with Crippen LogP contribution in [0.3, 0.4) is 0 Å². The summed E-state index contributed by atoms with van der Waals surface area (Å²) in [4.78, 5) is 0. The highest BCUT2D eigenvalue weighted by molar-refractivity contribution is 9.10. The van der Waals surface area contributed by atoms with Crippen molar-refractivity contribution in [3.05, 3.63) is 34.8 Å². The minimum absolute atomic E-state index is 0.203. The zero-order chi connectivity index (χ0) is 13.7. The molecule has 2 atom stereocenters. The standard InChI is InChI=1S/C16H17BrO3/c1-10-12-8-11(17)2-3-14(12)20-15-4-5-16(9-13(10)15)18-6-7-19-16/h2-3,8,13,15H,1,4-7,9H2/t13-,15+/m1/s1. The highest BCUT2D eigenvalue weighted by Gasteiger charge is 2.48. The van der Waals surface area contributed by atoms with E-state index in [1.807, 2.05) is 12.1 Å². The fourth-order valence-corrected chi connectivity index (χ4v) is 3.96. The third-order valence-corrected chi connectivity index (χ3v) is 5.11. The van der Waals surface area contributed by atoms with Crippen molar-refractivity contribution in [1.82, 2.24) is 0 Å². The lowest BCUT2D eigenvalue weighted by Gasteiger charge is -2.44. The van der Waals surface area contributed by atoms with Gasteiger partial charge in [-0.2, -0.15) is 0 Å². The van der Waals surface area contributed by atoms with Crippen LogP contribution in [-0.4, -0.2) is 25.1 Å². The summed E-state index contributed by atoms with van der Waals surface area (Å²) < 4.78 is 18.9. The molecule has 1 spiro atoms. The van der Waals surface area contributed by atoms with Crippen LogP contribution in [-0.2, 0) is 9.47 Å². The van der Waals surface area contributed by atoms with Gasteiger partial charge in [-0.05, 0) is 30.2 Å². The number of fused-ring (bicyclic) bond motifs is 2. The van der Waals surface area contributed by atoms with Crippen molar-refractivity contribution in [2.75, 3.05) is 13.2 Å². The van der Waals surface area contributed by atoms with Crippen LogP contribution in [0.2, 0.25) is 0 Å². The molecule has 0 N–H and O–H groups in total. The van der Waals surface area contributed by atoms with Crippen molar-refractivity contribution in [2.24, 2.45) is 5.92 Å². The fraction of sp³-hybridized carbons (Fsp3) is 0.500. The van der Waals surface area contributed by atoms with Crippen molar-refractivity contribution < 1.29 is 14.2 Å². The van der Waals surface area contributed by atoms with E-state index in [0.29, 0.717) is 13.2 Å². The Morgan fingerprint density at radius 1 is 1.25 bits per heavy atom. The van der Waals surface area contributed by atoms with E-state index in [1.165, 1.54) is 0 Å². The Morgan fingerprint density at radius 3 is 2.85 bits per heavy atom. The molecule has 0 radical (unpaired) electrons. The Labute approximate surface area is 127 Å². The summed E-state index contributed by atoms with van der Waals surface area (Å²) in [5.74, 6) is 0.837. The van der Waals surface area contributed by atoms with Crippen LogP contribution in [0.15, 0.2) is 29.3 Å². The maximum absolute atomic E-state index is 6.17. The SMILES string of the molecule is C=C1c2cc(Br)ccc2O[C@H]2CCC3(C[C@H]12)OCCO3. The molecule has 1 aromatic rings. The van der Waals surface area contributed by atoms with Crippen LogP contribution in [0, 0.1) is 5.92 Å².